The van der Waals surface area contributed by atoms with Crippen LogP contribution < -0.4 is 10.2 Å². The molecule has 0 spiro atoms. The predicted octanol–water partition coefficient (Wildman–Crippen LogP) is 4.14. The molecule has 1 N–H and O–H groups in total. The number of ether oxygens (including phenoxy) is 1. The Labute approximate surface area is 161 Å². The van der Waals surface area contributed by atoms with Gasteiger partial charge in [0, 0.05) is 11.1 Å². The molecule has 7 heteroatoms. The molecule has 1 aromatic heterocycles. The average molecular weight is 384 g/mol. The highest BCUT2D eigenvalue weighted by Gasteiger charge is 2.14. The minimum absolute atomic E-state index is 0.201. The Hall–Kier alpha value is -3.12. The number of carbonyl (C=O) groups is 1. The molecule has 0 aliphatic heterocycles. The second kappa shape index (κ2) is 8.51. The van der Waals surface area contributed by atoms with E-state index in [0.29, 0.717) is 22.1 Å². The summed E-state index contributed by atoms with van der Waals surface area (Å²) >= 11 is 6.19. The maximum Gasteiger partial charge on any atom is 0.277 e. The fourth-order valence-electron chi connectivity index (χ4n) is 2.33. The number of carbonyl (C=O) groups excluding carboxylic acids is 1. The fourth-order valence-corrected chi connectivity index (χ4v) is 2.49. The van der Waals surface area contributed by atoms with Crippen molar-refractivity contribution >= 4 is 23.7 Å². The van der Waals surface area contributed by atoms with E-state index < -0.39 is 0 Å². The first kappa shape index (κ1) is 18.7. The standard InChI is InChI=1S/C20H18ClN3O3/c1-13-3-5-15(6-4-13)11-22-24-20(25)12-26-19-9-14(2)17(21)10-16(19)18-7-8-23-27-18/h3-11H,12H2,1-2H3,(H,24,25)/b22-11+. The van der Waals surface area contributed by atoms with E-state index in [9.17, 15) is 4.79 Å². The lowest BCUT2D eigenvalue weighted by molar-refractivity contribution is -0.123. The SMILES string of the molecule is Cc1ccc(/C=N/NC(=O)COc2cc(C)c(Cl)cc2-c2ccno2)cc1. The van der Waals surface area contributed by atoms with Crippen LogP contribution in [0.4, 0.5) is 0 Å². The summed E-state index contributed by atoms with van der Waals surface area (Å²) in [5.74, 6) is 0.602. The van der Waals surface area contributed by atoms with Gasteiger partial charge in [-0.3, -0.25) is 4.79 Å². The van der Waals surface area contributed by atoms with E-state index in [-0.39, 0.29) is 12.5 Å². The number of hydrogen-bond acceptors (Lipinski definition) is 5. The van der Waals surface area contributed by atoms with Crippen molar-refractivity contribution in [2.24, 2.45) is 5.10 Å². The molecule has 0 saturated heterocycles. The quantitative estimate of drug-likeness (QED) is 0.512. The third-order valence-corrected chi connectivity index (χ3v) is 4.21. The zero-order chi connectivity index (χ0) is 19.2. The third kappa shape index (κ3) is 4.95. The van der Waals surface area contributed by atoms with Crippen molar-refractivity contribution in [3.05, 3.63) is 70.4 Å². The summed E-state index contributed by atoms with van der Waals surface area (Å²) in [7, 11) is 0. The van der Waals surface area contributed by atoms with Gasteiger partial charge in [-0.25, -0.2) is 5.43 Å². The minimum Gasteiger partial charge on any atom is -0.483 e. The Kier molecular flexibility index (Phi) is 5.88. The Bertz CT molecular complexity index is 951. The van der Waals surface area contributed by atoms with Crippen LogP contribution in [-0.2, 0) is 4.79 Å². The predicted molar refractivity (Wildman–Crippen MR) is 104 cm³/mol. The third-order valence-electron chi connectivity index (χ3n) is 3.80. The van der Waals surface area contributed by atoms with Gasteiger partial charge in [-0.2, -0.15) is 5.10 Å². The summed E-state index contributed by atoms with van der Waals surface area (Å²) in [5, 5.41) is 8.19. The molecule has 6 nitrogen and oxygen atoms in total. The Morgan fingerprint density at radius 1 is 1.26 bits per heavy atom. The van der Waals surface area contributed by atoms with Gasteiger partial charge < -0.3 is 9.26 Å². The van der Waals surface area contributed by atoms with Crippen LogP contribution in [-0.4, -0.2) is 23.9 Å². The van der Waals surface area contributed by atoms with Gasteiger partial charge in [0.25, 0.3) is 5.91 Å². The monoisotopic (exact) mass is 383 g/mol. The average Bonchev–Trinajstić information content (AvgIpc) is 3.18. The Balaban J connectivity index is 1.63. The molecule has 138 valence electrons. The van der Waals surface area contributed by atoms with Gasteiger partial charge >= 0.3 is 0 Å². The van der Waals surface area contributed by atoms with Gasteiger partial charge in [0.15, 0.2) is 12.4 Å². The molecule has 3 rings (SSSR count). The molecule has 3 aromatic rings. The number of rotatable bonds is 6. The molecule has 0 aliphatic carbocycles. The van der Waals surface area contributed by atoms with Gasteiger partial charge in [0.05, 0.1) is 18.0 Å². The number of nitrogens with zero attached hydrogens (tertiary/aromatic N) is 2. The van der Waals surface area contributed by atoms with Crippen LogP contribution in [0, 0.1) is 13.8 Å². The second-order valence-electron chi connectivity index (χ2n) is 5.97. The van der Waals surface area contributed by atoms with Crippen molar-refractivity contribution in [1.29, 1.82) is 0 Å². The summed E-state index contributed by atoms with van der Waals surface area (Å²) in [5.41, 5.74) is 5.94. The van der Waals surface area contributed by atoms with Gasteiger partial charge in [-0.05, 0) is 37.1 Å². The van der Waals surface area contributed by atoms with E-state index in [1.54, 1.807) is 24.4 Å². The number of hydrogen-bond donors (Lipinski definition) is 1. The molecular weight excluding hydrogens is 366 g/mol. The lowest BCUT2D eigenvalue weighted by Crippen LogP contribution is -2.24. The van der Waals surface area contributed by atoms with E-state index in [2.05, 4.69) is 15.7 Å². The fraction of sp³-hybridized carbons (Fsp3) is 0.150. The van der Waals surface area contributed by atoms with Gasteiger partial charge in [-0.15, -0.1) is 0 Å². The zero-order valence-electron chi connectivity index (χ0n) is 14.9. The maximum absolute atomic E-state index is 12.0. The van der Waals surface area contributed by atoms with Crippen LogP contribution in [0.2, 0.25) is 5.02 Å². The van der Waals surface area contributed by atoms with Crippen LogP contribution in [0.25, 0.3) is 11.3 Å². The van der Waals surface area contributed by atoms with Crippen molar-refractivity contribution in [2.75, 3.05) is 6.61 Å². The van der Waals surface area contributed by atoms with E-state index in [1.165, 1.54) is 6.20 Å². The molecule has 0 radical (unpaired) electrons. The largest absolute Gasteiger partial charge is 0.483 e. The van der Waals surface area contributed by atoms with Crippen molar-refractivity contribution in [3.8, 4) is 17.1 Å². The maximum atomic E-state index is 12.0. The first-order valence-corrected chi connectivity index (χ1v) is 8.63. The van der Waals surface area contributed by atoms with Crippen LogP contribution >= 0.6 is 11.6 Å². The number of aromatic nitrogens is 1. The van der Waals surface area contributed by atoms with Crippen molar-refractivity contribution in [1.82, 2.24) is 10.6 Å². The highest BCUT2D eigenvalue weighted by Crippen LogP contribution is 2.34. The summed E-state index contributed by atoms with van der Waals surface area (Å²) in [6, 6.07) is 13.0. The summed E-state index contributed by atoms with van der Waals surface area (Å²) in [6.07, 6.45) is 3.10. The Morgan fingerprint density at radius 3 is 2.74 bits per heavy atom. The number of aryl methyl sites for hydroxylation is 2. The molecule has 1 heterocycles. The molecule has 0 bridgehead atoms. The van der Waals surface area contributed by atoms with Crippen LogP contribution in [0.5, 0.6) is 5.75 Å². The first-order valence-electron chi connectivity index (χ1n) is 8.25. The zero-order valence-corrected chi connectivity index (χ0v) is 15.7. The van der Waals surface area contributed by atoms with E-state index in [1.807, 2.05) is 38.1 Å². The molecule has 27 heavy (non-hydrogen) atoms. The van der Waals surface area contributed by atoms with Gasteiger partial charge in [0.1, 0.15) is 5.75 Å². The lowest BCUT2D eigenvalue weighted by atomic mass is 10.1. The van der Waals surface area contributed by atoms with E-state index in [0.717, 1.165) is 16.7 Å². The van der Waals surface area contributed by atoms with Gasteiger partial charge in [-0.1, -0.05) is 46.6 Å². The number of amides is 1. The number of halogens is 1. The molecule has 0 fully saturated rings. The van der Waals surface area contributed by atoms with Crippen LogP contribution in [0.1, 0.15) is 16.7 Å². The molecule has 0 unspecified atom stereocenters. The van der Waals surface area contributed by atoms with Crippen molar-refractivity contribution in [3.63, 3.8) is 0 Å². The molecule has 0 saturated carbocycles. The smallest absolute Gasteiger partial charge is 0.277 e. The first-order chi connectivity index (χ1) is 13.0. The van der Waals surface area contributed by atoms with Crippen LogP contribution in [0.3, 0.4) is 0 Å². The topological polar surface area (TPSA) is 76.7 Å². The van der Waals surface area contributed by atoms with Gasteiger partial charge in [0.2, 0.25) is 0 Å². The molecular formula is C20H18ClN3O3. The highest BCUT2D eigenvalue weighted by atomic mass is 35.5. The van der Waals surface area contributed by atoms with E-state index >= 15 is 0 Å². The molecule has 2 aromatic carbocycles. The van der Waals surface area contributed by atoms with E-state index in [4.69, 9.17) is 20.9 Å². The van der Waals surface area contributed by atoms with Crippen molar-refractivity contribution < 1.29 is 14.1 Å². The van der Waals surface area contributed by atoms with Crippen molar-refractivity contribution in [2.45, 2.75) is 13.8 Å². The number of hydrazone groups is 1. The second-order valence-corrected chi connectivity index (χ2v) is 6.37. The number of benzene rings is 2. The lowest BCUT2D eigenvalue weighted by Gasteiger charge is -2.11. The van der Waals surface area contributed by atoms with Crippen LogP contribution in [0.15, 0.2) is 58.3 Å². The number of nitrogens with one attached hydrogen (secondary N) is 1. The highest BCUT2D eigenvalue weighted by molar-refractivity contribution is 6.31. The molecule has 0 aliphatic rings. The minimum atomic E-state index is -0.380. The molecule has 0 atom stereocenters. The molecule has 1 amide bonds. The summed E-state index contributed by atoms with van der Waals surface area (Å²) < 4.78 is 10.8. The summed E-state index contributed by atoms with van der Waals surface area (Å²) in [6.45, 7) is 3.66. The normalized spacial score (nSPS) is 10.9. The summed E-state index contributed by atoms with van der Waals surface area (Å²) in [4.78, 5) is 12.0. The Morgan fingerprint density at radius 2 is 2.04 bits per heavy atom.